The summed E-state index contributed by atoms with van der Waals surface area (Å²) in [5.41, 5.74) is 0.0673. The van der Waals surface area contributed by atoms with Gasteiger partial charge < -0.3 is 5.11 Å². The van der Waals surface area contributed by atoms with Crippen LogP contribution in [0.25, 0.3) is 0 Å². The summed E-state index contributed by atoms with van der Waals surface area (Å²) in [6.07, 6.45) is 4.64. The molecule has 0 spiro atoms. The lowest BCUT2D eigenvalue weighted by molar-refractivity contribution is -0.139. The molecular formula is C9H18ClNO2. The predicted molar refractivity (Wildman–Crippen MR) is 54.4 cm³/mol. The molecule has 1 saturated carbocycles. The van der Waals surface area contributed by atoms with Crippen LogP contribution in [0.3, 0.4) is 0 Å². The fraction of sp³-hybridized carbons (Fsp3) is 0.889. The molecule has 78 valence electrons. The summed E-state index contributed by atoms with van der Waals surface area (Å²) in [5.74, 6) is -0.761. The minimum atomic E-state index is -0.761. The van der Waals surface area contributed by atoms with Crippen LogP contribution in [0.4, 0.5) is 0 Å². The highest BCUT2D eigenvalue weighted by Crippen LogP contribution is 2.29. The first kappa shape index (κ1) is 12.7. The normalized spacial score (nSPS) is 22.0. The van der Waals surface area contributed by atoms with Crippen molar-refractivity contribution in [3.8, 4) is 0 Å². The molecule has 0 amide bonds. The van der Waals surface area contributed by atoms with Gasteiger partial charge in [-0.2, -0.15) is 0 Å². The molecule has 1 atom stereocenters. The number of halogens is 1. The topological polar surface area (TPSA) is 49.3 Å². The van der Waals surface area contributed by atoms with Gasteiger partial charge in [-0.1, -0.05) is 12.8 Å². The molecule has 1 aliphatic rings. The number of nitrogens with one attached hydrogen (secondary N) is 1. The second-order valence-corrected chi connectivity index (χ2v) is 3.97. The third-order valence-corrected chi connectivity index (χ3v) is 2.64. The molecule has 3 nitrogen and oxygen atoms in total. The Morgan fingerprint density at radius 2 is 1.92 bits per heavy atom. The van der Waals surface area contributed by atoms with E-state index in [-0.39, 0.29) is 17.9 Å². The highest BCUT2D eigenvalue weighted by molar-refractivity contribution is 5.85. The third-order valence-electron chi connectivity index (χ3n) is 2.64. The van der Waals surface area contributed by atoms with Crippen LogP contribution in [0.2, 0.25) is 0 Å². The highest BCUT2D eigenvalue weighted by atomic mass is 35.5. The van der Waals surface area contributed by atoms with Gasteiger partial charge >= 0.3 is 5.97 Å². The molecule has 1 unspecified atom stereocenters. The summed E-state index contributed by atoms with van der Waals surface area (Å²) >= 11 is 0. The SMILES string of the molecule is CC(NC1(C)CCCC1)C(=O)O.Cl. The predicted octanol–water partition coefficient (Wildman–Crippen LogP) is 1.80. The molecule has 0 aliphatic heterocycles. The van der Waals surface area contributed by atoms with Crippen LogP contribution >= 0.6 is 12.4 Å². The Morgan fingerprint density at radius 3 is 2.31 bits per heavy atom. The number of carbonyl (C=O) groups is 1. The quantitative estimate of drug-likeness (QED) is 0.742. The fourth-order valence-corrected chi connectivity index (χ4v) is 1.88. The molecule has 0 aromatic heterocycles. The molecule has 13 heavy (non-hydrogen) atoms. The summed E-state index contributed by atoms with van der Waals surface area (Å²) in [6.45, 7) is 3.81. The van der Waals surface area contributed by atoms with Gasteiger partial charge in [0.05, 0.1) is 0 Å². The zero-order chi connectivity index (χ0) is 9.19. The van der Waals surface area contributed by atoms with E-state index in [1.54, 1.807) is 6.92 Å². The second-order valence-electron chi connectivity index (χ2n) is 3.97. The van der Waals surface area contributed by atoms with Gasteiger partial charge in [0.25, 0.3) is 0 Å². The summed E-state index contributed by atoms with van der Waals surface area (Å²) in [4.78, 5) is 10.6. The van der Waals surface area contributed by atoms with E-state index in [9.17, 15) is 4.79 Å². The Morgan fingerprint density at radius 1 is 1.46 bits per heavy atom. The van der Waals surface area contributed by atoms with Crippen molar-refractivity contribution in [1.82, 2.24) is 5.32 Å². The van der Waals surface area contributed by atoms with Crippen LogP contribution in [0, 0.1) is 0 Å². The molecule has 2 N–H and O–H groups in total. The van der Waals surface area contributed by atoms with Crippen molar-refractivity contribution >= 4 is 18.4 Å². The van der Waals surface area contributed by atoms with Gasteiger partial charge in [-0.3, -0.25) is 10.1 Å². The van der Waals surface area contributed by atoms with E-state index in [0.717, 1.165) is 12.8 Å². The van der Waals surface area contributed by atoms with Gasteiger partial charge in [0.2, 0.25) is 0 Å². The van der Waals surface area contributed by atoms with E-state index in [0.29, 0.717) is 0 Å². The molecule has 4 heteroatoms. The minimum absolute atomic E-state index is 0. The van der Waals surface area contributed by atoms with Gasteiger partial charge in [-0.15, -0.1) is 12.4 Å². The second kappa shape index (κ2) is 4.82. The first-order valence-electron chi connectivity index (χ1n) is 4.54. The molecule has 0 radical (unpaired) electrons. The van der Waals surface area contributed by atoms with Crippen LogP contribution in [0.15, 0.2) is 0 Å². The average molecular weight is 208 g/mol. The Hall–Kier alpha value is -0.280. The summed E-state index contributed by atoms with van der Waals surface area (Å²) in [5, 5.41) is 11.8. The van der Waals surface area contributed by atoms with E-state index in [4.69, 9.17) is 5.11 Å². The molecule has 1 aliphatic carbocycles. The van der Waals surface area contributed by atoms with Gasteiger partial charge in [-0.05, 0) is 26.7 Å². The minimum Gasteiger partial charge on any atom is -0.480 e. The lowest BCUT2D eigenvalue weighted by Gasteiger charge is -2.27. The lowest BCUT2D eigenvalue weighted by atomic mass is 9.99. The third kappa shape index (κ3) is 3.53. The molecule has 0 aromatic carbocycles. The molecule has 0 heterocycles. The molecule has 1 rings (SSSR count). The van der Waals surface area contributed by atoms with E-state index in [2.05, 4.69) is 12.2 Å². The van der Waals surface area contributed by atoms with Crippen molar-refractivity contribution in [1.29, 1.82) is 0 Å². The number of aliphatic carboxylic acids is 1. The van der Waals surface area contributed by atoms with E-state index in [1.165, 1.54) is 12.8 Å². The van der Waals surface area contributed by atoms with Crippen LogP contribution in [-0.4, -0.2) is 22.7 Å². The van der Waals surface area contributed by atoms with Gasteiger partial charge in [-0.25, -0.2) is 0 Å². The lowest BCUT2D eigenvalue weighted by Crippen LogP contribution is -2.48. The van der Waals surface area contributed by atoms with Gasteiger partial charge in [0.1, 0.15) is 6.04 Å². The van der Waals surface area contributed by atoms with Crippen LogP contribution in [0.1, 0.15) is 39.5 Å². The van der Waals surface area contributed by atoms with Crippen LogP contribution in [0.5, 0.6) is 0 Å². The van der Waals surface area contributed by atoms with Crippen molar-refractivity contribution in [2.45, 2.75) is 51.1 Å². The van der Waals surface area contributed by atoms with Crippen molar-refractivity contribution in [2.24, 2.45) is 0 Å². The van der Waals surface area contributed by atoms with Gasteiger partial charge in [0, 0.05) is 5.54 Å². The molecule has 1 fully saturated rings. The highest BCUT2D eigenvalue weighted by Gasteiger charge is 2.31. The van der Waals surface area contributed by atoms with Crippen molar-refractivity contribution in [2.75, 3.05) is 0 Å². The monoisotopic (exact) mass is 207 g/mol. The van der Waals surface area contributed by atoms with E-state index < -0.39 is 12.0 Å². The standard InChI is InChI=1S/C9H17NO2.ClH/c1-7(8(11)12)10-9(2)5-3-4-6-9;/h7,10H,3-6H2,1-2H3,(H,11,12);1H. The van der Waals surface area contributed by atoms with Crippen molar-refractivity contribution in [3.05, 3.63) is 0 Å². The number of carboxylic acids is 1. The van der Waals surface area contributed by atoms with Crippen LogP contribution < -0.4 is 5.32 Å². The van der Waals surface area contributed by atoms with Gasteiger partial charge in [0.15, 0.2) is 0 Å². The molecule has 0 bridgehead atoms. The Balaban J connectivity index is 0.00000144. The Labute approximate surface area is 85.3 Å². The maximum absolute atomic E-state index is 10.6. The van der Waals surface area contributed by atoms with E-state index in [1.807, 2.05) is 0 Å². The van der Waals surface area contributed by atoms with Crippen LogP contribution in [-0.2, 0) is 4.79 Å². The number of hydrogen-bond donors (Lipinski definition) is 2. The Kier molecular flexibility index (Phi) is 4.71. The first-order chi connectivity index (χ1) is 5.53. The number of rotatable bonds is 3. The molecular weight excluding hydrogens is 190 g/mol. The maximum atomic E-state index is 10.6. The average Bonchev–Trinajstić information content (AvgIpc) is 2.35. The van der Waals surface area contributed by atoms with Crippen molar-refractivity contribution < 1.29 is 9.90 Å². The Bertz CT molecular complexity index is 178. The smallest absolute Gasteiger partial charge is 0.320 e. The van der Waals surface area contributed by atoms with Crippen molar-refractivity contribution in [3.63, 3.8) is 0 Å². The summed E-state index contributed by atoms with van der Waals surface area (Å²) in [7, 11) is 0. The molecule has 0 saturated heterocycles. The maximum Gasteiger partial charge on any atom is 0.320 e. The zero-order valence-corrected chi connectivity index (χ0v) is 8.99. The number of hydrogen-bond acceptors (Lipinski definition) is 2. The summed E-state index contributed by atoms with van der Waals surface area (Å²) in [6, 6.07) is -0.423. The number of carboxylic acid groups (broad SMARTS) is 1. The zero-order valence-electron chi connectivity index (χ0n) is 8.17. The molecule has 0 aromatic rings. The first-order valence-corrected chi connectivity index (χ1v) is 4.54. The fourth-order valence-electron chi connectivity index (χ4n) is 1.88. The summed E-state index contributed by atoms with van der Waals surface area (Å²) < 4.78 is 0. The largest absolute Gasteiger partial charge is 0.480 e. The van der Waals surface area contributed by atoms with E-state index >= 15 is 0 Å².